The summed E-state index contributed by atoms with van der Waals surface area (Å²) in [6, 6.07) is 0.173. The Hall–Kier alpha value is -4.16. The molecule has 0 aliphatic carbocycles. The van der Waals surface area contributed by atoms with E-state index in [0.29, 0.717) is 87.2 Å². The average Bonchev–Trinajstić information content (AvgIpc) is 3.07. The van der Waals surface area contributed by atoms with E-state index in [-0.39, 0.29) is 24.1 Å². The van der Waals surface area contributed by atoms with Crippen LogP contribution in [0.25, 0.3) is 0 Å². The number of halogens is 3. The van der Waals surface area contributed by atoms with Crippen molar-refractivity contribution in [2.75, 3.05) is 85.5 Å². The number of carbonyl (C=O) groups is 2. The summed E-state index contributed by atoms with van der Waals surface area (Å²) in [5.74, 6) is 0.280. The van der Waals surface area contributed by atoms with E-state index in [1.165, 1.54) is 24.5 Å². The molecule has 4 heterocycles. The molecule has 3 amide bonds. The van der Waals surface area contributed by atoms with Gasteiger partial charge in [-0.15, -0.1) is 0 Å². The molecule has 1 aromatic carbocycles. The monoisotopic (exact) mass is 710 g/mol. The molecule has 3 aliphatic rings. The first-order valence-electron chi connectivity index (χ1n) is 15.9. The molecule has 2 N–H and O–H groups in total. The predicted octanol–water partition coefficient (Wildman–Crippen LogP) is 3.39. The van der Waals surface area contributed by atoms with Crippen LogP contribution in [-0.2, 0) is 25.9 Å². The Morgan fingerprint density at radius 1 is 1.18 bits per heavy atom. The number of rotatable bonds is 11. The number of amides is 3. The first-order valence-corrected chi connectivity index (χ1v) is 17.9. The van der Waals surface area contributed by atoms with Gasteiger partial charge in [-0.25, -0.2) is 18.2 Å². The van der Waals surface area contributed by atoms with E-state index >= 15 is 0 Å². The third-order valence-electron chi connectivity index (χ3n) is 8.86. The number of fused-ring (bicyclic) bond motifs is 1. The Kier molecular flexibility index (Phi) is 10.9. The Labute approximate surface area is 283 Å². The van der Waals surface area contributed by atoms with Crippen molar-refractivity contribution in [3.05, 3.63) is 36.5 Å². The van der Waals surface area contributed by atoms with E-state index in [1.807, 2.05) is 0 Å². The van der Waals surface area contributed by atoms with Crippen LogP contribution < -0.4 is 25.2 Å². The van der Waals surface area contributed by atoms with Gasteiger partial charge >= 0.3 is 12.2 Å². The number of ether oxygens (including phenoxy) is 2. The summed E-state index contributed by atoms with van der Waals surface area (Å²) in [7, 11) is -1.62. The molecule has 0 spiro atoms. The Morgan fingerprint density at radius 3 is 2.49 bits per heavy atom. The minimum absolute atomic E-state index is 0.0625. The second-order valence-electron chi connectivity index (χ2n) is 12.2. The van der Waals surface area contributed by atoms with Gasteiger partial charge in [0.1, 0.15) is 27.4 Å². The van der Waals surface area contributed by atoms with Crippen LogP contribution in [-0.4, -0.2) is 123 Å². The molecule has 2 fully saturated rings. The number of nitrogens with zero attached hydrogens (tertiary/aromatic N) is 6. The fourth-order valence-electron chi connectivity index (χ4n) is 6.02. The molecule has 5 rings (SSSR count). The van der Waals surface area contributed by atoms with Crippen molar-refractivity contribution < 1.29 is 40.7 Å². The number of anilines is 5. The van der Waals surface area contributed by atoms with Crippen molar-refractivity contribution in [3.63, 3.8) is 0 Å². The first kappa shape index (κ1) is 36.1. The highest BCUT2D eigenvalue weighted by Gasteiger charge is 2.47. The van der Waals surface area contributed by atoms with Gasteiger partial charge in [0, 0.05) is 76.1 Å². The summed E-state index contributed by atoms with van der Waals surface area (Å²) < 4.78 is 75.7. The van der Waals surface area contributed by atoms with Gasteiger partial charge in [0.05, 0.1) is 36.5 Å². The van der Waals surface area contributed by atoms with Crippen molar-refractivity contribution in [2.24, 2.45) is 0 Å². The summed E-state index contributed by atoms with van der Waals surface area (Å²) in [5, 5.41) is 5.94. The van der Waals surface area contributed by atoms with Crippen molar-refractivity contribution in [1.82, 2.24) is 19.8 Å². The smallest absolute Gasteiger partial charge is 0.408 e. The molecule has 18 heteroatoms. The van der Waals surface area contributed by atoms with Crippen LogP contribution in [0.4, 0.5) is 46.8 Å². The lowest BCUT2D eigenvalue weighted by Crippen LogP contribution is -2.58. The summed E-state index contributed by atoms with van der Waals surface area (Å²) in [6.07, 6.45) is -0.00145. The lowest BCUT2D eigenvalue weighted by molar-refractivity contribution is -0.172. The topological polar surface area (TPSA) is 150 Å². The number of methoxy groups -OCH3 is 1. The van der Waals surface area contributed by atoms with E-state index < -0.39 is 40.0 Å². The minimum atomic E-state index is -4.62. The van der Waals surface area contributed by atoms with Gasteiger partial charge < -0.3 is 29.9 Å². The number of benzene rings is 1. The highest BCUT2D eigenvalue weighted by Crippen LogP contribution is 2.40. The maximum absolute atomic E-state index is 13.8. The largest absolute Gasteiger partial charge is 0.494 e. The third kappa shape index (κ3) is 8.53. The normalized spacial score (nSPS) is 18.6. The summed E-state index contributed by atoms with van der Waals surface area (Å²) >= 11 is 0. The van der Waals surface area contributed by atoms with Crippen molar-refractivity contribution in [3.8, 4) is 5.75 Å². The second kappa shape index (κ2) is 14.8. The van der Waals surface area contributed by atoms with Crippen LogP contribution >= 0.6 is 0 Å². The summed E-state index contributed by atoms with van der Waals surface area (Å²) in [6.45, 7) is 7.66. The molecule has 2 saturated heterocycles. The van der Waals surface area contributed by atoms with E-state index in [2.05, 4.69) is 37.0 Å². The number of alkyl halides is 3. The number of sulfone groups is 1. The number of nitrogens with one attached hydrogen (secondary N) is 2. The number of hydrogen-bond donors (Lipinski definition) is 2. The number of carbonyl (C=O) groups excluding carboxylic acids is 2. The van der Waals surface area contributed by atoms with Gasteiger partial charge in [0.25, 0.3) is 0 Å². The Balaban J connectivity index is 1.45. The Bertz CT molecular complexity index is 1660. The maximum Gasteiger partial charge on any atom is 0.408 e. The van der Waals surface area contributed by atoms with Gasteiger partial charge in [0.2, 0.25) is 11.9 Å². The van der Waals surface area contributed by atoms with Crippen LogP contribution in [0.15, 0.2) is 31.0 Å². The molecule has 268 valence electrons. The van der Waals surface area contributed by atoms with Crippen LogP contribution in [0.2, 0.25) is 0 Å². The van der Waals surface area contributed by atoms with Crippen LogP contribution in [0.5, 0.6) is 5.75 Å². The minimum Gasteiger partial charge on any atom is -0.494 e. The summed E-state index contributed by atoms with van der Waals surface area (Å²) in [4.78, 5) is 41.3. The van der Waals surface area contributed by atoms with Crippen molar-refractivity contribution in [2.45, 2.75) is 44.6 Å². The second-order valence-corrected chi connectivity index (χ2v) is 14.5. The molecule has 0 bridgehead atoms. The highest BCUT2D eigenvalue weighted by atomic mass is 32.2. The summed E-state index contributed by atoms with van der Waals surface area (Å²) in [5.41, 5.74) is 1.85. The van der Waals surface area contributed by atoms with Gasteiger partial charge in [-0.05, 0) is 31.9 Å². The van der Waals surface area contributed by atoms with Gasteiger partial charge in [-0.1, -0.05) is 6.58 Å². The number of piperazine rings is 1. The quantitative estimate of drug-likeness (QED) is 0.331. The molecule has 14 nitrogen and oxygen atoms in total. The molecule has 1 atom stereocenters. The fraction of sp³-hybridized carbons (Fsp3) is 0.548. The molecule has 1 aromatic heterocycles. The van der Waals surface area contributed by atoms with Crippen LogP contribution in [0.3, 0.4) is 0 Å². The standard InChI is InChI=1S/C31H41F3N8O6S/c1-5-27(43)36-23-16-24(26(47-3)17-25(23)40-10-8-39(9-11-40)12-15-49(4,45)46)37-29-35-18-21-19-41(20(2)31(32,33)34)30(44)42(28(21)38-29)22-6-13-48-14-7-22/h5,16-18,20,22H,1,6-15,19H2,2-4H3,(H,36,43)(H,35,37,38)/t20-/m0/s1. The lowest BCUT2D eigenvalue weighted by Gasteiger charge is -2.43. The van der Waals surface area contributed by atoms with Gasteiger partial charge in [0.15, 0.2) is 0 Å². The van der Waals surface area contributed by atoms with Crippen molar-refractivity contribution >= 4 is 50.6 Å². The first-order chi connectivity index (χ1) is 23.2. The molecular formula is C31H41F3N8O6S. The molecule has 0 saturated carbocycles. The zero-order valence-electron chi connectivity index (χ0n) is 27.6. The van der Waals surface area contributed by atoms with E-state index in [0.717, 1.165) is 17.9 Å². The SMILES string of the molecule is C=CC(=O)Nc1cc(Nc2ncc3c(n2)N(C2CCOCC2)C(=O)N([C@@H](C)C(F)(F)F)C3)c(OC)cc1N1CCN(CCS(C)(=O)=O)CC1. The van der Waals surface area contributed by atoms with Crippen LogP contribution in [0, 0.1) is 0 Å². The lowest BCUT2D eigenvalue weighted by atomic mass is 10.0. The van der Waals surface area contributed by atoms with E-state index in [4.69, 9.17) is 9.47 Å². The molecule has 2 aromatic rings. The van der Waals surface area contributed by atoms with E-state index in [9.17, 15) is 31.2 Å². The van der Waals surface area contributed by atoms with Gasteiger partial charge in [-0.3, -0.25) is 14.6 Å². The van der Waals surface area contributed by atoms with Crippen molar-refractivity contribution in [1.29, 1.82) is 0 Å². The third-order valence-corrected chi connectivity index (χ3v) is 9.78. The highest BCUT2D eigenvalue weighted by molar-refractivity contribution is 7.90. The average molecular weight is 711 g/mol. The Morgan fingerprint density at radius 2 is 1.88 bits per heavy atom. The zero-order valence-corrected chi connectivity index (χ0v) is 28.4. The van der Waals surface area contributed by atoms with Crippen LogP contribution in [0.1, 0.15) is 25.3 Å². The van der Waals surface area contributed by atoms with Gasteiger partial charge in [-0.2, -0.15) is 18.2 Å². The molecule has 3 aliphatic heterocycles. The number of hydrogen-bond acceptors (Lipinski definition) is 11. The van der Waals surface area contributed by atoms with E-state index in [1.54, 1.807) is 12.1 Å². The molecular weight excluding hydrogens is 669 g/mol. The number of urea groups is 1. The zero-order chi connectivity index (χ0) is 35.5. The fourth-order valence-corrected chi connectivity index (χ4v) is 6.61. The molecule has 0 radical (unpaired) electrons. The predicted molar refractivity (Wildman–Crippen MR) is 178 cm³/mol. The molecule has 49 heavy (non-hydrogen) atoms. The molecule has 0 unspecified atom stereocenters. The number of aromatic nitrogens is 2. The maximum atomic E-state index is 13.8.